The Labute approximate surface area is 77.7 Å². The van der Waals surface area contributed by atoms with Crippen molar-refractivity contribution in [2.45, 2.75) is 32.7 Å². The minimum Gasteiger partial charge on any atom is -0.346 e. The van der Waals surface area contributed by atoms with Crippen molar-refractivity contribution >= 4 is 18.5 Å². The van der Waals surface area contributed by atoms with Crippen LogP contribution in [0.1, 0.15) is 26.7 Å². The molecule has 4 nitrogen and oxygen atoms in total. The summed E-state index contributed by atoms with van der Waals surface area (Å²) >= 11 is 0. The van der Waals surface area contributed by atoms with Gasteiger partial charge in [-0.05, 0) is 5.92 Å². The second-order valence-electron chi connectivity index (χ2n) is 3.18. The molecule has 0 fully saturated rings. The molecule has 4 heteroatoms. The van der Waals surface area contributed by atoms with Crippen LogP contribution in [0.15, 0.2) is 0 Å². The number of carbonyl (C=O) groups is 3. The van der Waals surface area contributed by atoms with E-state index in [0.717, 1.165) is 0 Å². The Bertz CT molecular complexity index is 189. The van der Waals surface area contributed by atoms with Crippen molar-refractivity contribution in [1.29, 1.82) is 0 Å². The van der Waals surface area contributed by atoms with Crippen LogP contribution in [0, 0.1) is 5.92 Å². The topological polar surface area (TPSA) is 63.2 Å². The molecule has 0 radical (unpaired) electrons. The van der Waals surface area contributed by atoms with E-state index >= 15 is 0 Å². The van der Waals surface area contributed by atoms with Gasteiger partial charge in [0.25, 0.3) is 0 Å². The molecular weight excluding hydrogens is 170 g/mol. The third kappa shape index (κ3) is 5.11. The molecule has 1 amide bonds. The Hall–Kier alpha value is -1.19. The van der Waals surface area contributed by atoms with Gasteiger partial charge in [0.1, 0.15) is 12.6 Å². The van der Waals surface area contributed by atoms with Crippen molar-refractivity contribution in [2.24, 2.45) is 5.92 Å². The lowest BCUT2D eigenvalue weighted by molar-refractivity contribution is -0.125. The number of hydrogen-bond acceptors (Lipinski definition) is 3. The first kappa shape index (κ1) is 11.8. The predicted octanol–water partition coefficient (Wildman–Crippen LogP) is 0.305. The van der Waals surface area contributed by atoms with Crippen molar-refractivity contribution in [1.82, 2.24) is 5.32 Å². The van der Waals surface area contributed by atoms with Gasteiger partial charge in [0.2, 0.25) is 5.91 Å². The monoisotopic (exact) mass is 185 g/mol. The second-order valence-corrected chi connectivity index (χ2v) is 3.18. The molecule has 0 bridgehead atoms. The lowest BCUT2D eigenvalue weighted by atomic mass is 10.1. The average molecular weight is 185 g/mol. The highest BCUT2D eigenvalue weighted by Gasteiger charge is 2.14. The minimum absolute atomic E-state index is 0.0812. The Morgan fingerprint density at radius 3 is 2.38 bits per heavy atom. The summed E-state index contributed by atoms with van der Waals surface area (Å²) in [6.07, 6.45) is 1.75. The molecule has 0 saturated heterocycles. The van der Waals surface area contributed by atoms with Crippen molar-refractivity contribution in [3.63, 3.8) is 0 Å². The van der Waals surface area contributed by atoms with E-state index in [4.69, 9.17) is 0 Å². The molecule has 0 aliphatic carbocycles. The van der Waals surface area contributed by atoms with Gasteiger partial charge in [-0.3, -0.25) is 4.79 Å². The molecular formula is C9H15NO3. The van der Waals surface area contributed by atoms with Gasteiger partial charge < -0.3 is 14.9 Å². The zero-order valence-corrected chi connectivity index (χ0v) is 7.95. The molecule has 0 spiro atoms. The van der Waals surface area contributed by atoms with E-state index in [1.54, 1.807) is 0 Å². The maximum atomic E-state index is 11.0. The highest BCUT2D eigenvalue weighted by molar-refractivity contribution is 5.81. The van der Waals surface area contributed by atoms with Crippen LogP contribution in [0.4, 0.5) is 0 Å². The molecule has 0 saturated carbocycles. The lowest BCUT2D eigenvalue weighted by Crippen LogP contribution is -2.39. The van der Waals surface area contributed by atoms with E-state index in [2.05, 4.69) is 5.32 Å². The van der Waals surface area contributed by atoms with E-state index in [-0.39, 0.29) is 24.7 Å². The number of nitrogens with one attached hydrogen (secondary N) is 1. The van der Waals surface area contributed by atoms with Crippen molar-refractivity contribution in [2.75, 3.05) is 0 Å². The normalized spacial score (nSPS) is 12.2. The molecule has 0 aliphatic heterocycles. The van der Waals surface area contributed by atoms with E-state index in [1.807, 2.05) is 13.8 Å². The highest BCUT2D eigenvalue weighted by Crippen LogP contribution is 1.98. The van der Waals surface area contributed by atoms with Gasteiger partial charge >= 0.3 is 0 Å². The molecule has 74 valence electrons. The number of rotatable bonds is 6. The largest absolute Gasteiger partial charge is 0.346 e. The number of carbonyl (C=O) groups excluding carboxylic acids is 3. The first-order valence-corrected chi connectivity index (χ1v) is 4.30. The van der Waals surface area contributed by atoms with E-state index in [0.29, 0.717) is 12.6 Å². The van der Waals surface area contributed by atoms with Gasteiger partial charge in [0.15, 0.2) is 0 Å². The summed E-state index contributed by atoms with van der Waals surface area (Å²) in [4.78, 5) is 31.5. The van der Waals surface area contributed by atoms with Crippen LogP contribution >= 0.6 is 0 Å². The summed E-state index contributed by atoms with van der Waals surface area (Å²) in [5.41, 5.74) is 0. The first-order chi connectivity index (χ1) is 6.11. The minimum atomic E-state index is -0.445. The van der Waals surface area contributed by atoms with Gasteiger partial charge in [-0.2, -0.15) is 0 Å². The predicted molar refractivity (Wildman–Crippen MR) is 48.1 cm³/mol. The summed E-state index contributed by atoms with van der Waals surface area (Å²) in [6.45, 7) is 3.69. The second kappa shape index (κ2) is 6.34. The summed E-state index contributed by atoms with van der Waals surface area (Å²) in [5, 5.41) is 2.54. The number of aldehydes is 2. The first-order valence-electron chi connectivity index (χ1n) is 4.30. The summed E-state index contributed by atoms with van der Waals surface area (Å²) in [5.74, 6) is -0.171. The zero-order chi connectivity index (χ0) is 10.3. The van der Waals surface area contributed by atoms with Crippen LogP contribution in [-0.4, -0.2) is 24.5 Å². The maximum absolute atomic E-state index is 11.0. The van der Waals surface area contributed by atoms with E-state index in [9.17, 15) is 14.4 Å². The smallest absolute Gasteiger partial charge is 0.221 e. The third-order valence-electron chi connectivity index (χ3n) is 1.68. The summed E-state index contributed by atoms with van der Waals surface area (Å²) in [6, 6.07) is -0.445. The van der Waals surface area contributed by atoms with Crippen molar-refractivity contribution in [3.8, 4) is 0 Å². The average Bonchev–Trinajstić information content (AvgIpc) is 2.10. The Morgan fingerprint density at radius 1 is 1.38 bits per heavy atom. The molecule has 0 aromatic heterocycles. The van der Waals surface area contributed by atoms with Crippen LogP contribution in [-0.2, 0) is 14.4 Å². The van der Waals surface area contributed by atoms with Gasteiger partial charge in [0.05, 0.1) is 6.04 Å². The SMILES string of the molecule is CC(C)C(C=O)NC(=O)CCC=O. The Morgan fingerprint density at radius 2 is 2.00 bits per heavy atom. The fraction of sp³-hybridized carbons (Fsp3) is 0.667. The third-order valence-corrected chi connectivity index (χ3v) is 1.68. The fourth-order valence-corrected chi connectivity index (χ4v) is 0.806. The van der Waals surface area contributed by atoms with Crippen LogP contribution in [0.2, 0.25) is 0 Å². The molecule has 1 unspecified atom stereocenters. The fourth-order valence-electron chi connectivity index (χ4n) is 0.806. The molecule has 0 rings (SSSR count). The molecule has 0 aromatic rings. The van der Waals surface area contributed by atoms with Crippen molar-refractivity contribution in [3.05, 3.63) is 0 Å². The molecule has 1 atom stereocenters. The standard InChI is InChI=1S/C9H15NO3/c1-7(2)8(6-12)10-9(13)4-3-5-11/h5-8H,3-4H2,1-2H3,(H,10,13). The molecule has 13 heavy (non-hydrogen) atoms. The van der Waals surface area contributed by atoms with E-state index < -0.39 is 6.04 Å². The van der Waals surface area contributed by atoms with Gasteiger partial charge in [-0.25, -0.2) is 0 Å². The van der Waals surface area contributed by atoms with Gasteiger partial charge in [-0.1, -0.05) is 13.8 Å². The molecule has 0 aliphatic rings. The summed E-state index contributed by atoms with van der Waals surface area (Å²) in [7, 11) is 0. The zero-order valence-electron chi connectivity index (χ0n) is 7.95. The maximum Gasteiger partial charge on any atom is 0.221 e. The van der Waals surface area contributed by atoms with Crippen LogP contribution < -0.4 is 5.32 Å². The van der Waals surface area contributed by atoms with Crippen LogP contribution in [0.25, 0.3) is 0 Å². The number of amides is 1. The summed E-state index contributed by atoms with van der Waals surface area (Å²) < 4.78 is 0. The Balaban J connectivity index is 3.86. The van der Waals surface area contributed by atoms with Crippen molar-refractivity contribution < 1.29 is 14.4 Å². The molecule has 0 heterocycles. The highest BCUT2D eigenvalue weighted by atomic mass is 16.2. The quantitative estimate of drug-likeness (QED) is 0.605. The number of hydrogen-bond donors (Lipinski definition) is 1. The lowest BCUT2D eigenvalue weighted by Gasteiger charge is -2.15. The van der Waals surface area contributed by atoms with Gasteiger partial charge in [-0.15, -0.1) is 0 Å². The molecule has 1 N–H and O–H groups in total. The van der Waals surface area contributed by atoms with Gasteiger partial charge in [0, 0.05) is 12.8 Å². The van der Waals surface area contributed by atoms with Crippen LogP contribution in [0.5, 0.6) is 0 Å². The molecule has 0 aromatic carbocycles. The van der Waals surface area contributed by atoms with Crippen LogP contribution in [0.3, 0.4) is 0 Å². The van der Waals surface area contributed by atoms with E-state index in [1.165, 1.54) is 0 Å². The Kier molecular flexibility index (Phi) is 5.76.